The van der Waals surface area contributed by atoms with Gasteiger partial charge in [0.25, 0.3) is 0 Å². The molecule has 0 heterocycles. The van der Waals surface area contributed by atoms with E-state index in [1.54, 1.807) is 0 Å². The summed E-state index contributed by atoms with van der Waals surface area (Å²) in [5, 5.41) is 13.9. The SMILES string of the molecule is CCCCCCCCCCCCCCCCCCNC(=S)/N=C/C1=C(O)c2ccccc2CC1=O. The number of hydrogen-bond acceptors (Lipinski definition) is 3. The van der Waals surface area contributed by atoms with Crippen LogP contribution >= 0.6 is 12.2 Å². The lowest BCUT2D eigenvalue weighted by molar-refractivity contribution is -0.114. The van der Waals surface area contributed by atoms with Crippen LogP contribution in [0.5, 0.6) is 0 Å². The molecule has 5 heteroatoms. The third-order valence-corrected chi connectivity index (χ3v) is 7.05. The Labute approximate surface area is 218 Å². The fourth-order valence-corrected chi connectivity index (χ4v) is 4.78. The van der Waals surface area contributed by atoms with Crippen molar-refractivity contribution in [3.8, 4) is 0 Å². The van der Waals surface area contributed by atoms with Crippen molar-refractivity contribution in [2.24, 2.45) is 4.99 Å². The first-order chi connectivity index (χ1) is 17.1. The summed E-state index contributed by atoms with van der Waals surface area (Å²) in [4.78, 5) is 16.5. The largest absolute Gasteiger partial charge is 0.506 e. The number of carbonyl (C=O) groups is 1. The molecule has 1 aliphatic carbocycles. The highest BCUT2D eigenvalue weighted by Gasteiger charge is 2.23. The summed E-state index contributed by atoms with van der Waals surface area (Å²) in [7, 11) is 0. The fraction of sp³-hybridized carbons (Fsp3) is 0.633. The van der Waals surface area contributed by atoms with Crippen LogP contribution in [-0.4, -0.2) is 28.8 Å². The molecule has 1 aliphatic rings. The number of benzene rings is 1. The molecule has 0 saturated carbocycles. The molecule has 1 aromatic carbocycles. The van der Waals surface area contributed by atoms with E-state index in [2.05, 4.69) is 17.2 Å². The molecule has 2 N–H and O–H groups in total. The molecule has 0 atom stereocenters. The number of nitrogens with zero attached hydrogens (tertiary/aromatic N) is 1. The minimum absolute atomic E-state index is 0.0128. The number of Topliss-reactive ketones (excluding diaryl/α,β-unsaturated/α-hetero) is 1. The molecule has 194 valence electrons. The van der Waals surface area contributed by atoms with Crippen LogP contribution in [0.1, 0.15) is 121 Å². The van der Waals surface area contributed by atoms with Crippen molar-refractivity contribution < 1.29 is 9.90 Å². The Morgan fingerprint density at radius 1 is 0.886 bits per heavy atom. The normalized spacial score (nSPS) is 13.5. The zero-order valence-corrected chi connectivity index (χ0v) is 22.6. The lowest BCUT2D eigenvalue weighted by Gasteiger charge is -2.16. The first kappa shape index (κ1) is 29.2. The van der Waals surface area contributed by atoms with Crippen LogP contribution in [0.25, 0.3) is 5.76 Å². The Hall–Kier alpha value is -2.01. The number of carbonyl (C=O) groups excluding carboxylic acids is 1. The number of aliphatic hydroxyl groups is 1. The Bertz CT molecular complexity index is 831. The minimum Gasteiger partial charge on any atom is -0.506 e. The van der Waals surface area contributed by atoms with Crippen molar-refractivity contribution in [3.63, 3.8) is 0 Å². The predicted molar refractivity (Wildman–Crippen MR) is 153 cm³/mol. The van der Waals surface area contributed by atoms with E-state index in [-0.39, 0.29) is 23.5 Å². The highest BCUT2D eigenvalue weighted by Crippen LogP contribution is 2.26. The van der Waals surface area contributed by atoms with Gasteiger partial charge in [0, 0.05) is 24.7 Å². The minimum atomic E-state index is -0.134. The number of nitrogens with one attached hydrogen (secondary N) is 1. The number of fused-ring (bicyclic) bond motifs is 1. The van der Waals surface area contributed by atoms with E-state index in [0.29, 0.717) is 10.7 Å². The van der Waals surface area contributed by atoms with E-state index in [1.165, 1.54) is 103 Å². The number of aliphatic imine (C=N–C) groups is 1. The maximum absolute atomic E-state index is 12.3. The Morgan fingerprint density at radius 2 is 1.40 bits per heavy atom. The second kappa shape index (κ2) is 18.3. The highest BCUT2D eigenvalue weighted by molar-refractivity contribution is 7.80. The fourth-order valence-electron chi connectivity index (χ4n) is 4.62. The zero-order valence-electron chi connectivity index (χ0n) is 21.8. The van der Waals surface area contributed by atoms with E-state index < -0.39 is 0 Å². The molecule has 0 spiro atoms. The van der Waals surface area contributed by atoms with Crippen LogP contribution in [0.2, 0.25) is 0 Å². The van der Waals surface area contributed by atoms with E-state index in [1.807, 2.05) is 24.3 Å². The molecule has 2 rings (SSSR count). The smallest absolute Gasteiger partial charge is 0.192 e. The number of unbranched alkanes of at least 4 members (excludes halogenated alkanes) is 15. The Balaban J connectivity index is 1.44. The van der Waals surface area contributed by atoms with Crippen molar-refractivity contribution in [3.05, 3.63) is 41.0 Å². The Morgan fingerprint density at radius 3 is 1.97 bits per heavy atom. The van der Waals surface area contributed by atoms with Crippen LogP contribution in [0.15, 0.2) is 34.8 Å². The average Bonchev–Trinajstić information content (AvgIpc) is 2.85. The Kier molecular flexibility index (Phi) is 15.3. The van der Waals surface area contributed by atoms with E-state index in [0.717, 1.165) is 18.5 Å². The summed E-state index contributed by atoms with van der Waals surface area (Å²) >= 11 is 5.26. The maximum atomic E-state index is 12.3. The number of ketones is 1. The summed E-state index contributed by atoms with van der Waals surface area (Å²) in [5.74, 6) is -0.147. The summed E-state index contributed by atoms with van der Waals surface area (Å²) < 4.78 is 0. The van der Waals surface area contributed by atoms with Gasteiger partial charge in [0.2, 0.25) is 0 Å². The monoisotopic (exact) mass is 498 g/mol. The van der Waals surface area contributed by atoms with E-state index >= 15 is 0 Å². The number of aliphatic hydroxyl groups excluding tert-OH is 1. The third-order valence-electron chi connectivity index (χ3n) is 6.80. The van der Waals surface area contributed by atoms with Crippen molar-refractivity contribution in [2.45, 2.75) is 116 Å². The van der Waals surface area contributed by atoms with Crippen molar-refractivity contribution >= 4 is 35.1 Å². The molecule has 0 aromatic heterocycles. The van der Waals surface area contributed by atoms with Gasteiger partial charge in [0.15, 0.2) is 10.9 Å². The van der Waals surface area contributed by atoms with Crippen LogP contribution in [0.3, 0.4) is 0 Å². The molecular weight excluding hydrogens is 452 g/mol. The lowest BCUT2D eigenvalue weighted by atomic mass is 9.90. The van der Waals surface area contributed by atoms with Crippen LogP contribution < -0.4 is 5.32 Å². The standard InChI is InChI=1S/C30H46N2O2S/c1-2-3-4-5-6-7-8-9-10-11-12-13-14-15-16-19-22-31-30(35)32-24-27-28(33)23-25-20-17-18-21-26(25)29(27)34/h17-18,20-21,24,34H,2-16,19,22-23H2,1H3,(H,31,35)/b32-24+. The molecule has 0 amide bonds. The van der Waals surface area contributed by atoms with Gasteiger partial charge in [-0.15, -0.1) is 0 Å². The number of rotatable bonds is 18. The number of hydrogen-bond donors (Lipinski definition) is 2. The summed E-state index contributed by atoms with van der Waals surface area (Å²) in [5.41, 5.74) is 1.77. The van der Waals surface area contributed by atoms with Gasteiger partial charge in [-0.3, -0.25) is 4.79 Å². The average molecular weight is 499 g/mol. The molecule has 35 heavy (non-hydrogen) atoms. The molecule has 0 radical (unpaired) electrons. The van der Waals surface area contributed by atoms with E-state index in [4.69, 9.17) is 12.2 Å². The zero-order chi connectivity index (χ0) is 25.1. The van der Waals surface area contributed by atoms with E-state index in [9.17, 15) is 9.90 Å². The van der Waals surface area contributed by atoms with Crippen molar-refractivity contribution in [1.82, 2.24) is 5.32 Å². The predicted octanol–water partition coefficient (Wildman–Crippen LogP) is 8.29. The molecular formula is C30H46N2O2S. The third kappa shape index (κ3) is 12.0. The van der Waals surface area contributed by atoms with Gasteiger partial charge in [-0.05, 0) is 24.2 Å². The van der Waals surface area contributed by atoms with Gasteiger partial charge in [-0.25, -0.2) is 4.99 Å². The van der Waals surface area contributed by atoms with Crippen LogP contribution in [0, 0.1) is 0 Å². The molecule has 0 fully saturated rings. The van der Waals surface area contributed by atoms with Gasteiger partial charge in [0.1, 0.15) is 5.76 Å². The first-order valence-corrected chi connectivity index (χ1v) is 14.4. The summed E-state index contributed by atoms with van der Waals surface area (Å²) in [6.45, 7) is 3.07. The molecule has 4 nitrogen and oxygen atoms in total. The van der Waals surface area contributed by atoms with Gasteiger partial charge < -0.3 is 10.4 Å². The van der Waals surface area contributed by atoms with Gasteiger partial charge in [-0.2, -0.15) is 0 Å². The van der Waals surface area contributed by atoms with Gasteiger partial charge in [-0.1, -0.05) is 128 Å². The van der Waals surface area contributed by atoms with Gasteiger partial charge in [0.05, 0.1) is 5.57 Å². The molecule has 0 saturated heterocycles. The second-order valence-electron chi connectivity index (χ2n) is 9.81. The second-order valence-corrected chi connectivity index (χ2v) is 10.2. The highest BCUT2D eigenvalue weighted by atomic mass is 32.1. The number of allylic oxidation sites excluding steroid dienone is 1. The van der Waals surface area contributed by atoms with Gasteiger partial charge >= 0.3 is 0 Å². The first-order valence-electron chi connectivity index (χ1n) is 14.0. The maximum Gasteiger partial charge on any atom is 0.192 e. The summed E-state index contributed by atoms with van der Waals surface area (Å²) in [6, 6.07) is 7.40. The van der Waals surface area contributed by atoms with Crippen molar-refractivity contribution in [2.75, 3.05) is 6.54 Å². The molecule has 0 aliphatic heterocycles. The van der Waals surface area contributed by atoms with Crippen LogP contribution in [-0.2, 0) is 11.2 Å². The molecule has 1 aromatic rings. The lowest BCUT2D eigenvalue weighted by Crippen LogP contribution is -2.22. The van der Waals surface area contributed by atoms with Crippen molar-refractivity contribution in [1.29, 1.82) is 0 Å². The number of thiocarbonyl (C=S) groups is 1. The topological polar surface area (TPSA) is 61.7 Å². The molecule has 0 bridgehead atoms. The summed E-state index contributed by atoms with van der Waals surface area (Å²) in [6.07, 6.45) is 23.3. The quantitative estimate of drug-likeness (QED) is 0.121. The van der Waals surface area contributed by atoms with Crippen LogP contribution in [0.4, 0.5) is 0 Å². The molecule has 0 unspecified atom stereocenters.